The Labute approximate surface area is 118 Å². The van der Waals surface area contributed by atoms with Gasteiger partial charge in [0.15, 0.2) is 9.84 Å². The monoisotopic (exact) mass is 296 g/mol. The van der Waals surface area contributed by atoms with Gasteiger partial charge in [-0.05, 0) is 37.6 Å². The van der Waals surface area contributed by atoms with Gasteiger partial charge in [-0.25, -0.2) is 12.8 Å². The Kier molecular flexibility index (Phi) is 4.23. The highest BCUT2D eigenvalue weighted by molar-refractivity contribution is 7.90. The van der Waals surface area contributed by atoms with Gasteiger partial charge in [-0.3, -0.25) is 4.68 Å². The maximum absolute atomic E-state index is 13.2. The minimum Gasteiger partial charge on any atom is -0.269 e. The largest absolute Gasteiger partial charge is 0.269 e. The molecular weight excluding hydrogens is 279 g/mol. The number of halogens is 1. The van der Waals surface area contributed by atoms with E-state index in [1.165, 1.54) is 18.2 Å². The first kappa shape index (κ1) is 14.7. The zero-order chi connectivity index (χ0) is 14.8. The quantitative estimate of drug-likeness (QED) is 0.852. The first-order chi connectivity index (χ1) is 9.46. The third-order valence-electron chi connectivity index (χ3n) is 3.07. The molecule has 0 unspecified atom stereocenters. The molecule has 1 aromatic heterocycles. The predicted molar refractivity (Wildman–Crippen MR) is 74.6 cm³/mol. The van der Waals surface area contributed by atoms with Crippen LogP contribution in [-0.4, -0.2) is 18.2 Å². The molecule has 0 aliphatic carbocycles. The second-order valence-electron chi connectivity index (χ2n) is 4.51. The Bertz CT molecular complexity index is 708. The lowest BCUT2D eigenvalue weighted by Gasteiger charge is -2.06. The number of rotatable bonds is 5. The number of aromatic nitrogens is 2. The Morgan fingerprint density at radius 3 is 2.60 bits per heavy atom. The van der Waals surface area contributed by atoms with E-state index in [1.807, 2.05) is 13.8 Å². The first-order valence-electron chi connectivity index (χ1n) is 6.50. The van der Waals surface area contributed by atoms with Gasteiger partial charge in [-0.1, -0.05) is 13.0 Å². The molecule has 20 heavy (non-hydrogen) atoms. The number of hydrogen-bond acceptors (Lipinski definition) is 3. The molecule has 6 heteroatoms. The summed E-state index contributed by atoms with van der Waals surface area (Å²) in [5.74, 6) is -0.721. The molecule has 2 rings (SSSR count). The van der Waals surface area contributed by atoms with Gasteiger partial charge in [-0.15, -0.1) is 0 Å². The molecule has 0 aliphatic heterocycles. The second kappa shape index (κ2) is 5.75. The molecule has 0 amide bonds. The number of aryl methyl sites for hydroxylation is 2. The van der Waals surface area contributed by atoms with Gasteiger partial charge >= 0.3 is 0 Å². The van der Waals surface area contributed by atoms with E-state index in [-0.39, 0.29) is 10.6 Å². The van der Waals surface area contributed by atoms with Crippen molar-refractivity contribution >= 4 is 9.84 Å². The van der Waals surface area contributed by atoms with E-state index >= 15 is 0 Å². The Hall–Kier alpha value is -1.69. The molecule has 4 nitrogen and oxygen atoms in total. The summed E-state index contributed by atoms with van der Waals surface area (Å²) in [4.78, 5) is -0.000554. The van der Waals surface area contributed by atoms with Gasteiger partial charge in [0.05, 0.1) is 22.0 Å². The molecule has 2 aromatic rings. The molecule has 0 aliphatic rings. The molecule has 0 N–H and O–H groups in total. The summed E-state index contributed by atoms with van der Waals surface area (Å²) in [6.07, 6.45) is 0.750. The zero-order valence-corrected chi connectivity index (χ0v) is 12.3. The molecule has 0 bridgehead atoms. The molecule has 1 aromatic carbocycles. The fourth-order valence-electron chi connectivity index (χ4n) is 2.02. The second-order valence-corrected chi connectivity index (χ2v) is 6.50. The molecule has 0 radical (unpaired) electrons. The molecule has 0 atom stereocenters. The Morgan fingerprint density at radius 2 is 2.00 bits per heavy atom. The van der Waals surface area contributed by atoms with Crippen molar-refractivity contribution in [2.45, 2.75) is 37.5 Å². The molecule has 0 fully saturated rings. The average Bonchev–Trinajstić information content (AvgIpc) is 2.80. The summed E-state index contributed by atoms with van der Waals surface area (Å²) >= 11 is 0. The molecule has 108 valence electrons. The van der Waals surface area contributed by atoms with Gasteiger partial charge in [0.2, 0.25) is 0 Å². The van der Waals surface area contributed by atoms with Crippen LogP contribution >= 0.6 is 0 Å². The number of benzene rings is 1. The van der Waals surface area contributed by atoms with Crippen LogP contribution in [0.15, 0.2) is 35.2 Å². The topological polar surface area (TPSA) is 52.0 Å². The van der Waals surface area contributed by atoms with Gasteiger partial charge < -0.3 is 0 Å². The third kappa shape index (κ3) is 3.07. The minimum absolute atomic E-state index is 0.000554. The summed E-state index contributed by atoms with van der Waals surface area (Å²) in [7, 11) is -3.56. The highest BCUT2D eigenvalue weighted by Crippen LogP contribution is 2.18. The van der Waals surface area contributed by atoms with E-state index in [0.717, 1.165) is 18.2 Å². The van der Waals surface area contributed by atoms with Crippen LogP contribution in [0.2, 0.25) is 0 Å². The zero-order valence-electron chi connectivity index (χ0n) is 11.5. The summed E-state index contributed by atoms with van der Waals surface area (Å²) in [6, 6.07) is 6.87. The minimum atomic E-state index is -3.56. The van der Waals surface area contributed by atoms with Crippen LogP contribution in [0.25, 0.3) is 0 Å². The lowest BCUT2D eigenvalue weighted by molar-refractivity contribution is 0.581. The number of sulfone groups is 1. The van der Waals surface area contributed by atoms with E-state index < -0.39 is 15.7 Å². The third-order valence-corrected chi connectivity index (χ3v) is 4.72. The van der Waals surface area contributed by atoms with Crippen molar-refractivity contribution in [2.75, 3.05) is 0 Å². The fourth-order valence-corrected chi connectivity index (χ4v) is 3.38. The van der Waals surface area contributed by atoms with Crippen LogP contribution in [0.4, 0.5) is 4.39 Å². The van der Waals surface area contributed by atoms with Crippen LogP contribution in [0.1, 0.15) is 25.2 Å². The van der Waals surface area contributed by atoms with Crippen LogP contribution < -0.4 is 0 Å². The maximum Gasteiger partial charge on any atom is 0.184 e. The van der Waals surface area contributed by atoms with Crippen molar-refractivity contribution in [1.29, 1.82) is 0 Å². The van der Waals surface area contributed by atoms with E-state index in [1.54, 1.807) is 10.7 Å². The highest BCUT2D eigenvalue weighted by atomic mass is 32.2. The van der Waals surface area contributed by atoms with E-state index in [0.29, 0.717) is 12.2 Å². The smallest absolute Gasteiger partial charge is 0.184 e. The average molecular weight is 296 g/mol. The SMILES string of the molecule is CCc1cc(CS(=O)(=O)c2cccc(F)c2)n(CC)n1. The van der Waals surface area contributed by atoms with Crippen molar-refractivity contribution in [2.24, 2.45) is 0 Å². The molecule has 1 heterocycles. The maximum atomic E-state index is 13.2. The van der Waals surface area contributed by atoms with Gasteiger partial charge in [0, 0.05) is 6.54 Å². The Morgan fingerprint density at radius 1 is 1.25 bits per heavy atom. The van der Waals surface area contributed by atoms with Crippen LogP contribution in [0.3, 0.4) is 0 Å². The predicted octanol–water partition coefficient (Wildman–Crippen LogP) is 2.58. The van der Waals surface area contributed by atoms with Gasteiger partial charge in [0.1, 0.15) is 5.82 Å². The highest BCUT2D eigenvalue weighted by Gasteiger charge is 2.19. The first-order valence-corrected chi connectivity index (χ1v) is 8.15. The van der Waals surface area contributed by atoms with Crippen molar-refractivity contribution in [3.8, 4) is 0 Å². The van der Waals surface area contributed by atoms with Crippen molar-refractivity contribution in [1.82, 2.24) is 9.78 Å². The fraction of sp³-hybridized carbons (Fsp3) is 0.357. The van der Waals surface area contributed by atoms with E-state index in [9.17, 15) is 12.8 Å². The standard InChI is InChI=1S/C14H17FN2O2S/c1-3-12-9-13(17(4-2)16-12)10-20(18,19)14-7-5-6-11(15)8-14/h5-9H,3-4,10H2,1-2H3. The van der Waals surface area contributed by atoms with Crippen molar-refractivity contribution < 1.29 is 12.8 Å². The summed E-state index contributed by atoms with van der Waals surface area (Å²) in [5.41, 5.74) is 1.49. The molecular formula is C14H17FN2O2S. The van der Waals surface area contributed by atoms with Gasteiger partial charge in [0.25, 0.3) is 0 Å². The van der Waals surface area contributed by atoms with E-state index in [4.69, 9.17) is 0 Å². The Balaban J connectivity index is 2.35. The summed E-state index contributed by atoms with van der Waals surface area (Å²) in [6.45, 7) is 4.48. The molecule has 0 spiro atoms. The number of nitrogens with zero attached hydrogens (tertiary/aromatic N) is 2. The summed E-state index contributed by atoms with van der Waals surface area (Å²) in [5, 5.41) is 4.32. The van der Waals surface area contributed by atoms with Gasteiger partial charge in [-0.2, -0.15) is 5.10 Å². The van der Waals surface area contributed by atoms with Crippen molar-refractivity contribution in [3.63, 3.8) is 0 Å². The lowest BCUT2D eigenvalue weighted by atomic mass is 10.3. The normalized spacial score (nSPS) is 11.8. The summed E-state index contributed by atoms with van der Waals surface area (Å²) < 4.78 is 39.5. The lowest BCUT2D eigenvalue weighted by Crippen LogP contribution is -2.10. The van der Waals surface area contributed by atoms with Crippen molar-refractivity contribution in [3.05, 3.63) is 47.5 Å². The molecule has 0 saturated carbocycles. The molecule has 0 saturated heterocycles. The van der Waals surface area contributed by atoms with E-state index in [2.05, 4.69) is 5.10 Å². The number of hydrogen-bond donors (Lipinski definition) is 0. The van der Waals surface area contributed by atoms with Crippen LogP contribution in [-0.2, 0) is 28.6 Å². The van der Waals surface area contributed by atoms with Crippen LogP contribution in [0, 0.1) is 5.82 Å². The van der Waals surface area contributed by atoms with Crippen LogP contribution in [0.5, 0.6) is 0 Å².